The second-order valence-corrected chi connectivity index (χ2v) is 9.20. The van der Waals surface area contributed by atoms with E-state index in [2.05, 4.69) is 32.0 Å². The van der Waals surface area contributed by atoms with Crippen LogP contribution in [-0.4, -0.2) is 70.9 Å². The molecule has 1 aromatic heterocycles. The predicted molar refractivity (Wildman–Crippen MR) is 140 cm³/mol. The molecule has 2 N–H and O–H groups in total. The number of carbonyl (C=O) groups is 2. The number of carbonyl (C=O) groups excluding carboxylic acids is 2. The molecule has 12 heteroatoms. The first-order chi connectivity index (χ1) is 18.6. The third-order valence-corrected chi connectivity index (χ3v) is 6.28. The third kappa shape index (κ3) is 7.75. The second kappa shape index (κ2) is 12.2. The summed E-state index contributed by atoms with van der Waals surface area (Å²) in [7, 11) is 0. The predicted octanol–water partition coefficient (Wildman–Crippen LogP) is 4.28. The molecule has 0 bridgehead atoms. The number of nitrogens with one attached hydrogen (secondary N) is 2. The van der Waals surface area contributed by atoms with Crippen LogP contribution in [0.25, 0.3) is 11.4 Å². The molecule has 204 valence electrons. The van der Waals surface area contributed by atoms with Crippen molar-refractivity contribution in [3.8, 4) is 29.0 Å². The van der Waals surface area contributed by atoms with Crippen molar-refractivity contribution in [1.82, 2.24) is 19.8 Å². The van der Waals surface area contributed by atoms with E-state index in [1.54, 1.807) is 48.2 Å². The van der Waals surface area contributed by atoms with Gasteiger partial charge in [-0.3, -0.25) is 14.5 Å². The fourth-order valence-corrected chi connectivity index (χ4v) is 4.03. The topological polar surface area (TPSA) is 90.6 Å². The summed E-state index contributed by atoms with van der Waals surface area (Å²) in [4.78, 5) is 34.2. The van der Waals surface area contributed by atoms with Gasteiger partial charge in [-0.15, -0.1) is 0 Å². The van der Waals surface area contributed by atoms with Crippen LogP contribution in [0, 0.1) is 11.8 Å². The van der Waals surface area contributed by atoms with Crippen molar-refractivity contribution < 1.29 is 27.5 Å². The van der Waals surface area contributed by atoms with Gasteiger partial charge in [0, 0.05) is 61.7 Å². The monoisotopic (exact) mass is 559 g/mol. The van der Waals surface area contributed by atoms with Crippen LogP contribution in [0.3, 0.4) is 0 Å². The SMILES string of the molecule is CC(=O)N1CCN(CCOc2ccc(-c3ncc(C(F)(F)F)[nH]3)cc2NC(=O)C#Cc2ccc(Cl)cc2)CC1. The molecule has 0 aliphatic carbocycles. The van der Waals surface area contributed by atoms with Crippen LogP contribution in [0.5, 0.6) is 5.75 Å². The first-order valence-electron chi connectivity index (χ1n) is 12.0. The Bertz CT molecular complexity index is 1390. The lowest BCUT2D eigenvalue weighted by Crippen LogP contribution is -2.48. The second-order valence-electron chi connectivity index (χ2n) is 8.76. The van der Waals surface area contributed by atoms with Gasteiger partial charge in [-0.1, -0.05) is 17.5 Å². The van der Waals surface area contributed by atoms with Crippen molar-refractivity contribution in [2.45, 2.75) is 13.1 Å². The maximum absolute atomic E-state index is 13.0. The molecule has 0 spiro atoms. The van der Waals surface area contributed by atoms with Crippen LogP contribution >= 0.6 is 11.6 Å². The Kier molecular flexibility index (Phi) is 8.79. The van der Waals surface area contributed by atoms with Crippen LogP contribution in [0.15, 0.2) is 48.7 Å². The summed E-state index contributed by atoms with van der Waals surface area (Å²) in [6.45, 7) is 5.13. The molecule has 1 fully saturated rings. The molecule has 3 aromatic rings. The van der Waals surface area contributed by atoms with Gasteiger partial charge in [-0.25, -0.2) is 4.98 Å². The average Bonchev–Trinajstić information content (AvgIpc) is 3.41. The normalized spacial score (nSPS) is 13.9. The molecule has 1 aliphatic heterocycles. The Morgan fingerprint density at radius 2 is 1.85 bits per heavy atom. The van der Waals surface area contributed by atoms with Gasteiger partial charge >= 0.3 is 12.1 Å². The van der Waals surface area contributed by atoms with Crippen molar-refractivity contribution in [3.63, 3.8) is 0 Å². The summed E-state index contributed by atoms with van der Waals surface area (Å²) in [5, 5.41) is 3.20. The number of rotatable bonds is 6. The first-order valence-corrected chi connectivity index (χ1v) is 12.4. The number of amides is 2. The van der Waals surface area contributed by atoms with Crippen LogP contribution in [0.2, 0.25) is 5.02 Å². The van der Waals surface area contributed by atoms with Crippen LogP contribution in [0.1, 0.15) is 18.2 Å². The number of hydrogen-bond donors (Lipinski definition) is 2. The van der Waals surface area contributed by atoms with E-state index in [1.165, 1.54) is 6.07 Å². The molecule has 8 nitrogen and oxygen atoms in total. The van der Waals surface area contributed by atoms with Crippen molar-refractivity contribution in [3.05, 3.63) is 64.9 Å². The Hall–Kier alpha value is -4.01. The van der Waals surface area contributed by atoms with Crippen LogP contribution in [0.4, 0.5) is 18.9 Å². The number of benzene rings is 2. The van der Waals surface area contributed by atoms with E-state index in [1.807, 2.05) is 0 Å². The van der Waals surface area contributed by atoms with E-state index in [0.29, 0.717) is 60.8 Å². The lowest BCUT2D eigenvalue weighted by Gasteiger charge is -2.34. The molecule has 2 aromatic carbocycles. The zero-order valence-corrected chi connectivity index (χ0v) is 21.7. The third-order valence-electron chi connectivity index (χ3n) is 6.03. The van der Waals surface area contributed by atoms with Crippen LogP contribution in [-0.2, 0) is 15.8 Å². The maximum Gasteiger partial charge on any atom is 0.432 e. The Morgan fingerprint density at radius 1 is 1.13 bits per heavy atom. The number of aromatic nitrogens is 2. The summed E-state index contributed by atoms with van der Waals surface area (Å²) in [6, 6.07) is 11.2. The maximum atomic E-state index is 13.0. The van der Waals surface area contributed by atoms with Crippen molar-refractivity contribution in [1.29, 1.82) is 0 Å². The van der Waals surface area contributed by atoms with Crippen molar-refractivity contribution >= 4 is 29.1 Å². The minimum Gasteiger partial charge on any atom is -0.490 e. The Balaban J connectivity index is 1.49. The van der Waals surface area contributed by atoms with Crippen molar-refractivity contribution in [2.24, 2.45) is 0 Å². The number of nitrogens with zero attached hydrogens (tertiary/aromatic N) is 3. The highest BCUT2D eigenvalue weighted by Gasteiger charge is 2.33. The smallest absolute Gasteiger partial charge is 0.432 e. The molecule has 1 saturated heterocycles. The fourth-order valence-electron chi connectivity index (χ4n) is 3.90. The van der Waals surface area contributed by atoms with E-state index in [9.17, 15) is 22.8 Å². The Morgan fingerprint density at radius 3 is 2.49 bits per heavy atom. The van der Waals surface area contributed by atoms with Crippen molar-refractivity contribution in [2.75, 3.05) is 44.6 Å². The van der Waals surface area contributed by atoms with Gasteiger partial charge in [-0.2, -0.15) is 13.2 Å². The molecule has 2 amide bonds. The number of H-pyrrole nitrogens is 1. The van der Waals surface area contributed by atoms with Gasteiger partial charge < -0.3 is 19.9 Å². The highest BCUT2D eigenvalue weighted by Crippen LogP contribution is 2.33. The number of halogens is 4. The van der Waals surface area contributed by atoms with Gasteiger partial charge in [0.05, 0.1) is 11.9 Å². The summed E-state index contributed by atoms with van der Waals surface area (Å²) < 4.78 is 45.0. The number of imidazole rings is 1. The van der Waals surface area contributed by atoms with E-state index in [-0.39, 0.29) is 24.0 Å². The molecule has 1 aliphatic rings. The Labute approximate surface area is 228 Å². The summed E-state index contributed by atoms with van der Waals surface area (Å²) in [6.07, 6.45) is -3.86. The first kappa shape index (κ1) is 28.0. The summed E-state index contributed by atoms with van der Waals surface area (Å²) >= 11 is 5.87. The standard InChI is InChI=1S/C27H25ClF3N5O3/c1-18(37)36-12-10-35(11-13-36)14-15-39-23-8-5-20(26-32-17-24(34-26)27(29,30)31)16-22(23)33-25(38)9-4-19-2-6-21(28)7-3-19/h2-3,5-8,16-17H,10-15H2,1H3,(H,32,34)(H,33,38). The van der Waals surface area contributed by atoms with E-state index in [0.717, 1.165) is 0 Å². The molecular weight excluding hydrogens is 535 g/mol. The van der Waals surface area contributed by atoms with E-state index < -0.39 is 17.8 Å². The van der Waals surface area contributed by atoms with Crippen LogP contribution < -0.4 is 10.1 Å². The molecule has 0 unspecified atom stereocenters. The summed E-state index contributed by atoms with van der Waals surface area (Å²) in [5.74, 6) is 4.94. The number of aromatic amines is 1. The molecule has 4 rings (SSSR count). The molecular formula is C27H25ClF3N5O3. The highest BCUT2D eigenvalue weighted by molar-refractivity contribution is 6.30. The largest absolute Gasteiger partial charge is 0.490 e. The highest BCUT2D eigenvalue weighted by atomic mass is 35.5. The van der Waals surface area contributed by atoms with Gasteiger partial charge in [0.25, 0.3) is 0 Å². The van der Waals surface area contributed by atoms with Gasteiger partial charge in [-0.05, 0) is 42.5 Å². The minimum atomic E-state index is -4.57. The van der Waals surface area contributed by atoms with Gasteiger partial charge in [0.15, 0.2) is 0 Å². The molecule has 2 heterocycles. The van der Waals surface area contributed by atoms with E-state index >= 15 is 0 Å². The fraction of sp³-hybridized carbons (Fsp3) is 0.296. The average molecular weight is 560 g/mol. The number of ether oxygens (including phenoxy) is 1. The number of hydrogen-bond acceptors (Lipinski definition) is 5. The molecule has 39 heavy (non-hydrogen) atoms. The molecule has 0 saturated carbocycles. The lowest BCUT2D eigenvalue weighted by atomic mass is 10.1. The van der Waals surface area contributed by atoms with Gasteiger partial charge in [0.1, 0.15) is 23.9 Å². The molecule has 0 atom stereocenters. The minimum absolute atomic E-state index is 0.0139. The lowest BCUT2D eigenvalue weighted by molar-refractivity contribution is -0.140. The number of anilines is 1. The molecule has 0 radical (unpaired) electrons. The summed E-state index contributed by atoms with van der Waals surface area (Å²) in [5.41, 5.74) is 0.149. The van der Waals surface area contributed by atoms with Gasteiger partial charge in [0.2, 0.25) is 5.91 Å². The van der Waals surface area contributed by atoms with E-state index in [4.69, 9.17) is 16.3 Å². The quantitative estimate of drug-likeness (QED) is 0.440. The zero-order chi connectivity index (χ0) is 28.0. The zero-order valence-electron chi connectivity index (χ0n) is 20.9. The number of piperazine rings is 1. The number of alkyl halides is 3.